The van der Waals surface area contributed by atoms with Crippen LogP contribution in [0.2, 0.25) is 0 Å². The van der Waals surface area contributed by atoms with Crippen molar-refractivity contribution >= 4 is 32.7 Å². The van der Waals surface area contributed by atoms with E-state index in [1.807, 2.05) is 30.5 Å². The number of benzene rings is 2. The lowest BCUT2D eigenvalue weighted by Gasteiger charge is -2.30. The number of nitrogens with zero attached hydrogens (tertiary/aromatic N) is 2. The van der Waals surface area contributed by atoms with Crippen molar-refractivity contribution in [1.82, 2.24) is 4.98 Å². The lowest BCUT2D eigenvalue weighted by atomic mass is 9.78. The van der Waals surface area contributed by atoms with Crippen LogP contribution < -0.4 is 9.62 Å². The van der Waals surface area contributed by atoms with Crippen LogP contribution in [0.4, 0.5) is 11.4 Å². The molecule has 0 saturated heterocycles. The van der Waals surface area contributed by atoms with Gasteiger partial charge in [0.25, 0.3) is 0 Å². The molecule has 2 aliphatic rings. The second-order valence-electron chi connectivity index (χ2n) is 10.3. The summed E-state index contributed by atoms with van der Waals surface area (Å²) in [6.07, 6.45) is 10.6. The molecule has 0 atom stereocenters. The molecule has 0 unspecified atom stereocenters. The lowest BCUT2D eigenvalue weighted by molar-refractivity contribution is 0.338. The molecule has 1 N–H and O–H groups in total. The van der Waals surface area contributed by atoms with Crippen LogP contribution in [0.25, 0.3) is 10.4 Å². The Morgan fingerprint density at radius 3 is 2.46 bits per heavy atom. The van der Waals surface area contributed by atoms with Crippen molar-refractivity contribution in [2.24, 2.45) is 5.92 Å². The molecule has 2 saturated carbocycles. The predicted molar refractivity (Wildman–Crippen MR) is 147 cm³/mol. The molecule has 0 aliphatic heterocycles. The molecule has 2 aromatic carbocycles. The van der Waals surface area contributed by atoms with Gasteiger partial charge in [-0.05, 0) is 92.2 Å². The molecule has 35 heavy (non-hydrogen) atoms. The van der Waals surface area contributed by atoms with Gasteiger partial charge in [-0.1, -0.05) is 24.3 Å². The molecular formula is C28H35N3O2S2. The Labute approximate surface area is 213 Å². The second kappa shape index (κ2) is 9.94. The largest absolute Gasteiger partial charge is 0.385 e. The SMILES string of the molecule is Cc1cc([C@H]2CC[C@H](CNc3cccc(-c4cnc(C5CC5)s4)c3)CC2)ccc1N(C)S(C)(=O)=O. The Bertz CT molecular complexity index is 1290. The Kier molecular flexibility index (Phi) is 6.91. The van der Waals surface area contributed by atoms with Gasteiger partial charge in [0.15, 0.2) is 0 Å². The molecule has 1 aromatic heterocycles. The van der Waals surface area contributed by atoms with Crippen LogP contribution in [-0.4, -0.2) is 33.2 Å². The summed E-state index contributed by atoms with van der Waals surface area (Å²) in [5.41, 5.74) is 5.56. The van der Waals surface area contributed by atoms with Crippen LogP contribution in [0.15, 0.2) is 48.7 Å². The van der Waals surface area contributed by atoms with E-state index in [4.69, 9.17) is 0 Å². The van der Waals surface area contributed by atoms with Gasteiger partial charge >= 0.3 is 0 Å². The topological polar surface area (TPSA) is 62.3 Å². The van der Waals surface area contributed by atoms with Crippen LogP contribution in [0, 0.1) is 12.8 Å². The van der Waals surface area contributed by atoms with Crippen LogP contribution >= 0.6 is 11.3 Å². The zero-order valence-corrected chi connectivity index (χ0v) is 22.5. The standard InChI is InChI=1S/C28H35N3O2S2/c1-19-15-23(13-14-26(19)31(2)35(3,32)33)21-9-7-20(8-10-21)17-29-25-6-4-5-24(16-25)27-18-30-28(34-27)22-11-12-22/h4-6,13-16,18,20-22,29H,7-12,17H2,1-3H3/t20-,21-. The number of aryl methyl sites for hydroxylation is 1. The van der Waals surface area contributed by atoms with E-state index in [2.05, 4.69) is 46.7 Å². The van der Waals surface area contributed by atoms with E-state index in [9.17, 15) is 8.42 Å². The van der Waals surface area contributed by atoms with E-state index in [1.165, 1.54) is 75.8 Å². The Morgan fingerprint density at radius 2 is 1.77 bits per heavy atom. The summed E-state index contributed by atoms with van der Waals surface area (Å²) < 4.78 is 25.2. The van der Waals surface area contributed by atoms with Crippen molar-refractivity contribution in [3.8, 4) is 10.4 Å². The van der Waals surface area contributed by atoms with Crippen molar-refractivity contribution in [3.05, 3.63) is 64.8 Å². The Hall–Kier alpha value is -2.38. The van der Waals surface area contributed by atoms with Crippen molar-refractivity contribution in [2.75, 3.05) is 29.5 Å². The Morgan fingerprint density at radius 1 is 1.03 bits per heavy atom. The number of anilines is 2. The highest BCUT2D eigenvalue weighted by molar-refractivity contribution is 7.92. The fourth-order valence-electron chi connectivity index (χ4n) is 5.15. The van der Waals surface area contributed by atoms with Gasteiger partial charge in [0, 0.05) is 31.4 Å². The Balaban J connectivity index is 1.15. The highest BCUT2D eigenvalue weighted by Gasteiger charge is 2.27. The first-order chi connectivity index (χ1) is 16.8. The molecule has 2 aliphatic carbocycles. The number of hydrogen-bond donors (Lipinski definition) is 1. The smallest absolute Gasteiger partial charge is 0.232 e. The summed E-state index contributed by atoms with van der Waals surface area (Å²) in [6, 6.07) is 15.0. The first-order valence-corrected chi connectivity index (χ1v) is 15.3. The summed E-state index contributed by atoms with van der Waals surface area (Å²) in [6.45, 7) is 3.01. The molecule has 7 heteroatoms. The third-order valence-corrected chi connectivity index (χ3v) is 9.97. The minimum Gasteiger partial charge on any atom is -0.385 e. The van der Waals surface area contributed by atoms with Crippen LogP contribution in [0.1, 0.15) is 66.5 Å². The number of nitrogens with one attached hydrogen (secondary N) is 1. The van der Waals surface area contributed by atoms with E-state index in [0.29, 0.717) is 17.8 Å². The van der Waals surface area contributed by atoms with Gasteiger partial charge in [-0.2, -0.15) is 0 Å². The van der Waals surface area contributed by atoms with Crippen LogP contribution in [0.3, 0.4) is 0 Å². The van der Waals surface area contributed by atoms with Gasteiger partial charge in [0.1, 0.15) is 0 Å². The van der Waals surface area contributed by atoms with Crippen LogP contribution in [0.5, 0.6) is 0 Å². The molecule has 0 amide bonds. The van der Waals surface area contributed by atoms with E-state index >= 15 is 0 Å². The second-order valence-corrected chi connectivity index (χ2v) is 13.4. The zero-order chi connectivity index (χ0) is 24.6. The zero-order valence-electron chi connectivity index (χ0n) is 20.8. The van der Waals surface area contributed by atoms with Gasteiger partial charge in [-0.15, -0.1) is 11.3 Å². The number of aromatic nitrogens is 1. The number of sulfonamides is 1. The quantitative estimate of drug-likeness (QED) is 0.364. The first kappa shape index (κ1) is 24.3. The van der Waals surface area contributed by atoms with Crippen molar-refractivity contribution < 1.29 is 8.42 Å². The fourth-order valence-corrected chi connectivity index (χ4v) is 6.79. The minimum atomic E-state index is -3.25. The summed E-state index contributed by atoms with van der Waals surface area (Å²) in [7, 11) is -1.63. The minimum absolute atomic E-state index is 0.554. The van der Waals surface area contributed by atoms with Gasteiger partial charge in [0.05, 0.1) is 21.8 Å². The van der Waals surface area contributed by atoms with E-state index in [-0.39, 0.29) is 0 Å². The third-order valence-electron chi connectivity index (χ3n) is 7.57. The average molecular weight is 510 g/mol. The molecule has 5 nitrogen and oxygen atoms in total. The molecule has 0 radical (unpaired) electrons. The average Bonchev–Trinajstić information content (AvgIpc) is 3.58. The van der Waals surface area contributed by atoms with Gasteiger partial charge < -0.3 is 5.32 Å². The molecule has 5 rings (SSSR count). The molecule has 0 bridgehead atoms. The highest BCUT2D eigenvalue weighted by Crippen LogP contribution is 2.43. The fraction of sp³-hybridized carbons (Fsp3) is 0.464. The molecule has 0 spiro atoms. The van der Waals surface area contributed by atoms with Gasteiger partial charge in [0.2, 0.25) is 10.0 Å². The monoisotopic (exact) mass is 509 g/mol. The molecular weight excluding hydrogens is 474 g/mol. The summed E-state index contributed by atoms with van der Waals surface area (Å²) in [4.78, 5) is 5.90. The lowest BCUT2D eigenvalue weighted by Crippen LogP contribution is -2.25. The summed E-state index contributed by atoms with van der Waals surface area (Å²) in [5, 5.41) is 4.98. The van der Waals surface area contributed by atoms with Crippen molar-refractivity contribution in [2.45, 2.75) is 57.3 Å². The summed E-state index contributed by atoms with van der Waals surface area (Å²) >= 11 is 1.84. The van der Waals surface area contributed by atoms with Crippen molar-refractivity contribution in [3.63, 3.8) is 0 Å². The van der Waals surface area contributed by atoms with E-state index < -0.39 is 10.0 Å². The number of hydrogen-bond acceptors (Lipinski definition) is 5. The molecule has 2 fully saturated rings. The number of thiazole rings is 1. The van der Waals surface area contributed by atoms with E-state index in [1.54, 1.807) is 7.05 Å². The van der Waals surface area contributed by atoms with Crippen LogP contribution in [-0.2, 0) is 10.0 Å². The maximum Gasteiger partial charge on any atom is 0.232 e. The van der Waals surface area contributed by atoms with Crippen molar-refractivity contribution in [1.29, 1.82) is 0 Å². The number of rotatable bonds is 8. The van der Waals surface area contributed by atoms with Gasteiger partial charge in [-0.25, -0.2) is 13.4 Å². The first-order valence-electron chi connectivity index (χ1n) is 12.6. The normalized spacial score (nSPS) is 20.5. The molecule has 186 valence electrons. The maximum absolute atomic E-state index is 11.9. The van der Waals surface area contributed by atoms with Gasteiger partial charge in [-0.3, -0.25) is 4.31 Å². The molecule has 3 aromatic rings. The molecule has 1 heterocycles. The maximum atomic E-state index is 11.9. The highest BCUT2D eigenvalue weighted by atomic mass is 32.2. The predicted octanol–water partition coefficient (Wildman–Crippen LogP) is 6.78. The van der Waals surface area contributed by atoms with E-state index in [0.717, 1.165) is 17.8 Å². The summed E-state index contributed by atoms with van der Waals surface area (Å²) in [5.74, 6) is 1.94. The third kappa shape index (κ3) is 5.72.